The monoisotopic (exact) mass is 237 g/mol. The van der Waals surface area contributed by atoms with Crippen molar-refractivity contribution in [2.45, 2.75) is 26.3 Å². The van der Waals surface area contributed by atoms with Crippen LogP contribution in [0.4, 0.5) is 0 Å². The zero-order chi connectivity index (χ0) is 12.4. The van der Waals surface area contributed by atoms with E-state index in [0.29, 0.717) is 12.6 Å². The summed E-state index contributed by atoms with van der Waals surface area (Å²) in [7, 11) is 0. The van der Waals surface area contributed by atoms with Crippen LogP contribution < -0.4 is 0 Å². The minimum atomic E-state index is -0.676. The van der Waals surface area contributed by atoms with E-state index in [4.69, 9.17) is 9.52 Å². The van der Waals surface area contributed by atoms with Gasteiger partial charge in [-0.25, -0.2) is 0 Å². The van der Waals surface area contributed by atoms with Crippen LogP contribution in [0.2, 0.25) is 0 Å². The maximum atomic E-state index is 11.1. The third-order valence-electron chi connectivity index (χ3n) is 3.66. The van der Waals surface area contributed by atoms with Crippen molar-refractivity contribution in [2.24, 2.45) is 11.8 Å². The Morgan fingerprint density at radius 1 is 1.65 bits per heavy atom. The molecule has 0 spiro atoms. The predicted molar refractivity (Wildman–Crippen MR) is 63.7 cm³/mol. The van der Waals surface area contributed by atoms with E-state index in [1.807, 2.05) is 19.1 Å². The Morgan fingerprint density at radius 3 is 2.94 bits per heavy atom. The van der Waals surface area contributed by atoms with Crippen molar-refractivity contribution in [2.75, 3.05) is 13.1 Å². The van der Waals surface area contributed by atoms with Gasteiger partial charge in [0.1, 0.15) is 5.76 Å². The van der Waals surface area contributed by atoms with Crippen LogP contribution >= 0.6 is 0 Å². The lowest BCUT2D eigenvalue weighted by atomic mass is 9.99. The van der Waals surface area contributed by atoms with Crippen molar-refractivity contribution in [3.63, 3.8) is 0 Å². The van der Waals surface area contributed by atoms with Crippen LogP contribution in [-0.2, 0) is 11.2 Å². The van der Waals surface area contributed by atoms with Crippen LogP contribution in [0.5, 0.6) is 0 Å². The number of aliphatic carboxylic acids is 1. The van der Waals surface area contributed by atoms with E-state index < -0.39 is 5.97 Å². The van der Waals surface area contributed by atoms with E-state index >= 15 is 0 Å². The zero-order valence-corrected chi connectivity index (χ0v) is 10.3. The molecule has 1 aromatic rings. The Morgan fingerprint density at radius 2 is 2.41 bits per heavy atom. The number of nitrogens with zero attached hydrogens (tertiary/aromatic N) is 1. The van der Waals surface area contributed by atoms with E-state index in [1.165, 1.54) is 0 Å². The van der Waals surface area contributed by atoms with Gasteiger partial charge >= 0.3 is 5.97 Å². The van der Waals surface area contributed by atoms with Gasteiger partial charge in [0.2, 0.25) is 0 Å². The highest BCUT2D eigenvalue weighted by Gasteiger charge is 2.36. The van der Waals surface area contributed by atoms with E-state index in [-0.39, 0.29) is 11.8 Å². The highest BCUT2D eigenvalue weighted by molar-refractivity contribution is 5.71. The molecule has 0 amide bonds. The predicted octanol–water partition coefficient (Wildman–Crippen LogP) is 1.86. The molecule has 2 rings (SSSR count). The third-order valence-corrected chi connectivity index (χ3v) is 3.66. The number of rotatable bonds is 4. The summed E-state index contributed by atoms with van der Waals surface area (Å²) in [6, 6.07) is 4.17. The topological polar surface area (TPSA) is 53.7 Å². The van der Waals surface area contributed by atoms with E-state index in [2.05, 4.69) is 11.8 Å². The van der Waals surface area contributed by atoms with E-state index in [1.54, 1.807) is 6.26 Å². The largest absolute Gasteiger partial charge is 0.481 e. The first-order valence-electron chi connectivity index (χ1n) is 6.07. The maximum absolute atomic E-state index is 11.1. The summed E-state index contributed by atoms with van der Waals surface area (Å²) in [6.45, 7) is 5.65. The second-order valence-electron chi connectivity index (χ2n) is 5.01. The highest BCUT2D eigenvalue weighted by atomic mass is 16.4. The van der Waals surface area contributed by atoms with Crippen LogP contribution in [0.1, 0.15) is 19.6 Å². The molecule has 94 valence electrons. The molecule has 1 aromatic heterocycles. The maximum Gasteiger partial charge on any atom is 0.308 e. The normalized spacial score (nSPS) is 27.2. The lowest BCUT2D eigenvalue weighted by molar-refractivity contribution is -0.142. The molecule has 0 saturated carbocycles. The summed E-state index contributed by atoms with van der Waals surface area (Å²) in [4.78, 5) is 13.3. The van der Waals surface area contributed by atoms with Crippen molar-refractivity contribution >= 4 is 5.97 Å². The standard InChI is InChI=1S/C13H19NO3/c1-9-7-14(8-12(9)13(15)16)10(2)6-11-4-3-5-17-11/h3-5,9-10,12H,6-8H2,1-2H3,(H,15,16)/t9-,10?,12-/m1/s1. The average Bonchev–Trinajstić information content (AvgIpc) is 2.86. The minimum Gasteiger partial charge on any atom is -0.481 e. The summed E-state index contributed by atoms with van der Waals surface area (Å²) in [5, 5.41) is 9.09. The quantitative estimate of drug-likeness (QED) is 0.868. The van der Waals surface area contributed by atoms with Gasteiger partial charge in [-0.2, -0.15) is 0 Å². The molecule has 4 nitrogen and oxygen atoms in total. The molecule has 4 heteroatoms. The molecular formula is C13H19NO3. The lowest BCUT2D eigenvalue weighted by Crippen LogP contribution is -2.33. The van der Waals surface area contributed by atoms with Gasteiger partial charge in [-0.05, 0) is 25.0 Å². The molecule has 0 aromatic carbocycles. The fourth-order valence-electron chi connectivity index (χ4n) is 2.53. The molecule has 1 unspecified atom stereocenters. The zero-order valence-electron chi connectivity index (χ0n) is 10.3. The number of furan rings is 1. The molecule has 1 fully saturated rings. The van der Waals surface area contributed by atoms with Crippen molar-refractivity contribution < 1.29 is 14.3 Å². The van der Waals surface area contributed by atoms with Gasteiger partial charge in [0.25, 0.3) is 0 Å². The first kappa shape index (κ1) is 12.2. The number of hydrogen-bond donors (Lipinski definition) is 1. The van der Waals surface area contributed by atoms with Gasteiger partial charge in [0.05, 0.1) is 12.2 Å². The van der Waals surface area contributed by atoms with Gasteiger partial charge in [-0.1, -0.05) is 6.92 Å². The molecule has 1 N–H and O–H groups in total. The summed E-state index contributed by atoms with van der Waals surface area (Å²) in [6.07, 6.45) is 2.51. The SMILES string of the molecule is CC(Cc1ccco1)N1C[C@@H](C)[C@H](C(=O)O)C1. The fourth-order valence-corrected chi connectivity index (χ4v) is 2.53. The van der Waals surface area contributed by atoms with Crippen LogP contribution in [0.15, 0.2) is 22.8 Å². The van der Waals surface area contributed by atoms with Gasteiger partial charge in [-0.15, -0.1) is 0 Å². The van der Waals surface area contributed by atoms with Crippen LogP contribution in [-0.4, -0.2) is 35.1 Å². The lowest BCUT2D eigenvalue weighted by Gasteiger charge is -2.23. The van der Waals surface area contributed by atoms with Crippen LogP contribution in [0.3, 0.4) is 0 Å². The van der Waals surface area contributed by atoms with Gasteiger partial charge in [0, 0.05) is 25.6 Å². The fraction of sp³-hybridized carbons (Fsp3) is 0.615. The third kappa shape index (κ3) is 2.69. The number of likely N-dealkylation sites (tertiary alicyclic amines) is 1. The Hall–Kier alpha value is -1.29. The molecular weight excluding hydrogens is 218 g/mol. The molecule has 17 heavy (non-hydrogen) atoms. The second kappa shape index (κ2) is 4.92. The van der Waals surface area contributed by atoms with Crippen molar-refractivity contribution in [1.29, 1.82) is 0 Å². The van der Waals surface area contributed by atoms with Crippen molar-refractivity contribution in [1.82, 2.24) is 4.90 Å². The summed E-state index contributed by atoms with van der Waals surface area (Å²) in [5.41, 5.74) is 0. The van der Waals surface area contributed by atoms with Crippen LogP contribution in [0.25, 0.3) is 0 Å². The van der Waals surface area contributed by atoms with Crippen molar-refractivity contribution in [3.05, 3.63) is 24.2 Å². The Kier molecular flexibility index (Phi) is 3.52. The highest BCUT2D eigenvalue weighted by Crippen LogP contribution is 2.25. The molecule has 3 atom stereocenters. The van der Waals surface area contributed by atoms with Crippen LogP contribution in [0, 0.1) is 11.8 Å². The summed E-state index contributed by atoms with van der Waals surface area (Å²) in [5.74, 6) is 0.287. The number of hydrogen-bond acceptors (Lipinski definition) is 3. The summed E-state index contributed by atoms with van der Waals surface area (Å²) >= 11 is 0. The average molecular weight is 237 g/mol. The smallest absolute Gasteiger partial charge is 0.308 e. The first-order valence-corrected chi connectivity index (χ1v) is 6.07. The summed E-state index contributed by atoms with van der Waals surface area (Å²) < 4.78 is 5.32. The molecule has 0 radical (unpaired) electrons. The molecule has 1 saturated heterocycles. The Balaban J connectivity index is 1.93. The molecule has 0 aliphatic carbocycles. The second-order valence-corrected chi connectivity index (χ2v) is 5.01. The van der Waals surface area contributed by atoms with Gasteiger partial charge < -0.3 is 9.52 Å². The van der Waals surface area contributed by atoms with Gasteiger partial charge in [0.15, 0.2) is 0 Å². The Labute approximate surface area is 101 Å². The molecule has 1 aliphatic heterocycles. The molecule has 2 heterocycles. The molecule has 0 bridgehead atoms. The Bertz CT molecular complexity index is 374. The first-order chi connectivity index (χ1) is 8.08. The van der Waals surface area contributed by atoms with Gasteiger partial charge in [-0.3, -0.25) is 9.69 Å². The van der Waals surface area contributed by atoms with E-state index in [0.717, 1.165) is 18.7 Å². The minimum absolute atomic E-state index is 0.228. The van der Waals surface area contributed by atoms with Crippen molar-refractivity contribution in [3.8, 4) is 0 Å². The molecule has 1 aliphatic rings. The number of carbonyl (C=O) groups is 1. The number of carboxylic acid groups (broad SMARTS) is 1. The number of carboxylic acids is 1. The van der Waals surface area contributed by atoms with E-state index in [9.17, 15) is 4.79 Å².